The number of hydrogen-bond acceptors (Lipinski definition) is 5. The second-order valence-corrected chi connectivity index (χ2v) is 7.70. The number of rotatable bonds is 0. The van der Waals surface area contributed by atoms with Crippen LogP contribution < -0.4 is 0 Å². The molecule has 0 aliphatic rings. The molecule has 208 valence electrons. The molecule has 0 bridgehead atoms. The fourth-order valence-corrected chi connectivity index (χ4v) is 0. The summed E-state index contributed by atoms with van der Waals surface area (Å²) in [6, 6.07) is 0. The number of phosphoric acid groups is 5. The van der Waals surface area contributed by atoms with Crippen molar-refractivity contribution in [3.63, 3.8) is 0 Å². The first kappa shape index (κ1) is 96.9. The van der Waals surface area contributed by atoms with Gasteiger partial charge in [-0.1, -0.05) is 0 Å². The van der Waals surface area contributed by atoms with Crippen molar-refractivity contribution in [1.29, 1.82) is 0 Å². The van der Waals surface area contributed by atoms with Crippen LogP contribution in [-0.4, -0.2) is 386 Å². The first-order valence-corrected chi connectivity index (χ1v) is 11.7. The molecular formula is H35Ca8O22P5. The summed E-state index contributed by atoms with van der Waals surface area (Å²) < 4.78 is 44.4. The van der Waals surface area contributed by atoms with E-state index in [9.17, 15) is 0 Å². The van der Waals surface area contributed by atoms with E-state index in [1.54, 1.807) is 0 Å². The third kappa shape index (κ3) is 725. The fraction of sp³-hybridized carbons (Fsp3) is 0. The van der Waals surface area contributed by atoms with Crippen LogP contribution in [0.2, 0.25) is 0 Å². The predicted molar refractivity (Wildman–Crippen MR) is 147 cm³/mol. The fourth-order valence-electron chi connectivity index (χ4n) is 0. The third-order valence-electron chi connectivity index (χ3n) is 0. The van der Waals surface area contributed by atoms with Crippen LogP contribution in [0.4, 0.5) is 0 Å². The SMILES string of the molecule is O.O.O=P(O)(O)O.O=P(O)(O)O.O=P(O)(O)O.O=P(O)(O)O.O=P(O)(O)O.[CaH2].[CaH2].[CaH2].[CaH2].[CaH2].[CaH2].[CaH2].[CaH2]. The molecule has 0 aromatic heterocycles. The Balaban J connectivity index is -0.0000000103. The second-order valence-electron chi connectivity index (χ2n) is 2.57. The Morgan fingerprint density at radius 1 is 0.229 bits per heavy atom. The second kappa shape index (κ2) is 51.4. The molecule has 0 atom stereocenters. The van der Waals surface area contributed by atoms with E-state index in [-0.39, 0.29) is 313 Å². The van der Waals surface area contributed by atoms with Crippen molar-refractivity contribution >= 4 is 341 Å². The van der Waals surface area contributed by atoms with Gasteiger partial charge in [-0.15, -0.1) is 0 Å². The predicted octanol–water partition coefficient (Wildman–Crippen LogP) is -13.6. The van der Waals surface area contributed by atoms with Crippen LogP contribution in [0.25, 0.3) is 0 Å². The van der Waals surface area contributed by atoms with Crippen molar-refractivity contribution in [2.24, 2.45) is 0 Å². The van der Waals surface area contributed by atoms with E-state index in [0.29, 0.717) is 0 Å². The minimum absolute atomic E-state index is 0. The first-order valence-electron chi connectivity index (χ1n) is 3.91. The van der Waals surface area contributed by atoms with Crippen molar-refractivity contribution in [2.75, 3.05) is 0 Å². The van der Waals surface area contributed by atoms with Gasteiger partial charge in [0.1, 0.15) is 0 Å². The van der Waals surface area contributed by atoms with Gasteiger partial charge >= 0.3 is 341 Å². The van der Waals surface area contributed by atoms with Gasteiger partial charge in [-0.25, -0.2) is 22.8 Å². The Hall–Kier alpha value is 10.5. The van der Waals surface area contributed by atoms with Gasteiger partial charge in [-0.3, -0.25) is 0 Å². The molecular weight excluding hydrogens is 827 g/mol. The van der Waals surface area contributed by atoms with Crippen LogP contribution in [0, 0.1) is 0 Å². The maximum absolute atomic E-state index is 8.88. The summed E-state index contributed by atoms with van der Waals surface area (Å²) in [7, 11) is -23.2. The molecule has 19 N–H and O–H groups in total. The molecule has 0 saturated carbocycles. The molecule has 0 fully saturated rings. The molecule has 22 nitrogen and oxygen atoms in total. The van der Waals surface area contributed by atoms with E-state index in [2.05, 4.69) is 0 Å². The van der Waals surface area contributed by atoms with Gasteiger partial charge in [0, 0.05) is 0 Å². The van der Waals surface area contributed by atoms with E-state index < -0.39 is 39.1 Å². The van der Waals surface area contributed by atoms with E-state index in [1.165, 1.54) is 0 Å². The van der Waals surface area contributed by atoms with Gasteiger partial charge in [0.25, 0.3) is 0 Å². The standard InChI is InChI=1S/8Ca.5H3O4P.2H2O.16H/c;;;;;;;;5*1-5(2,3)4;;;;;;;;;;;;;;;;;;/h;;;;;;;;5*(H3,1,2,3,4);2*1H2;;;;;;;;;;;;;;;;. The molecule has 0 unspecified atom stereocenters. The van der Waals surface area contributed by atoms with Gasteiger partial charge in [0.2, 0.25) is 0 Å². The Morgan fingerprint density at radius 3 is 0.229 bits per heavy atom. The molecule has 0 aromatic rings. The Morgan fingerprint density at radius 2 is 0.229 bits per heavy atom. The van der Waals surface area contributed by atoms with Gasteiger partial charge in [0.15, 0.2) is 0 Å². The molecule has 0 aliphatic carbocycles. The summed E-state index contributed by atoms with van der Waals surface area (Å²) in [4.78, 5) is 108. The van der Waals surface area contributed by atoms with Crippen molar-refractivity contribution in [3.05, 3.63) is 0 Å². The minimum atomic E-state index is -4.64. The van der Waals surface area contributed by atoms with Crippen LogP contribution >= 0.6 is 39.1 Å². The van der Waals surface area contributed by atoms with Crippen molar-refractivity contribution in [1.82, 2.24) is 0 Å². The van der Waals surface area contributed by atoms with Crippen LogP contribution in [0.3, 0.4) is 0 Å². The van der Waals surface area contributed by atoms with E-state index in [0.717, 1.165) is 0 Å². The molecule has 35 heavy (non-hydrogen) atoms. The molecule has 0 spiro atoms. The quantitative estimate of drug-likeness (QED) is 0.0794. The van der Waals surface area contributed by atoms with Crippen molar-refractivity contribution < 1.29 is 107 Å². The summed E-state index contributed by atoms with van der Waals surface area (Å²) in [6.45, 7) is 0. The van der Waals surface area contributed by atoms with E-state index in [4.69, 9.17) is 96.2 Å². The van der Waals surface area contributed by atoms with Gasteiger partial charge in [-0.05, 0) is 0 Å². The maximum atomic E-state index is 8.88. The van der Waals surface area contributed by atoms with Crippen LogP contribution in [0.1, 0.15) is 0 Å². The van der Waals surface area contributed by atoms with Crippen LogP contribution in [0.5, 0.6) is 0 Å². The molecule has 0 radical (unpaired) electrons. The summed E-state index contributed by atoms with van der Waals surface area (Å²) in [5.41, 5.74) is 0. The third-order valence-corrected chi connectivity index (χ3v) is 0. The van der Waals surface area contributed by atoms with Crippen molar-refractivity contribution in [3.8, 4) is 0 Å². The van der Waals surface area contributed by atoms with E-state index >= 15 is 0 Å². The summed E-state index contributed by atoms with van der Waals surface area (Å²) in [5.74, 6) is 0. The van der Waals surface area contributed by atoms with Gasteiger partial charge < -0.3 is 84.4 Å². The zero-order valence-corrected chi connectivity index (χ0v) is 16.5. The van der Waals surface area contributed by atoms with Crippen LogP contribution in [-0.2, 0) is 22.8 Å². The average Bonchev–Trinajstić information content (AvgIpc) is 1.79. The zero-order valence-electron chi connectivity index (χ0n) is 12.0. The molecule has 0 saturated heterocycles. The summed E-state index contributed by atoms with van der Waals surface area (Å²) >= 11 is 0. The Bertz CT molecular complexity index is 393. The Labute approximate surface area is 436 Å². The summed E-state index contributed by atoms with van der Waals surface area (Å²) in [6.07, 6.45) is 0. The topological polar surface area (TPSA) is 452 Å². The zero-order chi connectivity index (χ0) is 22.5. The monoisotopic (exact) mass is 862 g/mol. The first-order chi connectivity index (χ1) is 10.0. The molecule has 0 aliphatic heterocycles. The molecule has 0 heterocycles. The van der Waals surface area contributed by atoms with Crippen LogP contribution in [0.15, 0.2) is 0 Å². The molecule has 0 rings (SSSR count). The summed E-state index contributed by atoms with van der Waals surface area (Å²) in [5, 5.41) is 0. The molecule has 35 heteroatoms. The van der Waals surface area contributed by atoms with E-state index in [1.807, 2.05) is 0 Å². The average molecular weight is 863 g/mol. The van der Waals surface area contributed by atoms with Crippen molar-refractivity contribution in [2.45, 2.75) is 0 Å². The van der Waals surface area contributed by atoms with Gasteiger partial charge in [0.05, 0.1) is 0 Å². The van der Waals surface area contributed by atoms with Gasteiger partial charge in [-0.2, -0.15) is 0 Å². The Kier molecular flexibility index (Phi) is 142. The molecule has 0 aromatic carbocycles. The number of hydrogen-bond donors (Lipinski definition) is 15. The molecule has 0 amide bonds. The normalized spacial score (nSPS) is 8.43.